The third kappa shape index (κ3) is 5.20. The fraction of sp³-hybridized carbons (Fsp3) is 0.417. The third-order valence-electron chi connectivity index (χ3n) is 6.25. The highest BCUT2D eigenvalue weighted by Gasteiger charge is 2.31. The predicted octanol–water partition coefficient (Wildman–Crippen LogP) is 2.57. The smallest absolute Gasteiger partial charge is 0.261 e. The standard InChI is InChI=1S/C24H29N3O5S/c1-17-5-8-20(16-18(17)2)25-33(30,31)21-9-6-19(7-10-21)23(28)26-11-13-27(14-12-26)24(29)22-4-3-15-32-22/h5-10,16,22,25H,3-4,11-15H2,1-2H3. The van der Waals surface area contributed by atoms with Crippen LogP contribution in [-0.2, 0) is 19.6 Å². The van der Waals surface area contributed by atoms with E-state index in [2.05, 4.69) is 4.72 Å². The predicted molar refractivity (Wildman–Crippen MR) is 125 cm³/mol. The lowest BCUT2D eigenvalue weighted by Crippen LogP contribution is -2.52. The van der Waals surface area contributed by atoms with Gasteiger partial charge in [-0.1, -0.05) is 6.07 Å². The average Bonchev–Trinajstić information content (AvgIpc) is 3.36. The molecule has 0 spiro atoms. The van der Waals surface area contributed by atoms with E-state index >= 15 is 0 Å². The zero-order valence-electron chi connectivity index (χ0n) is 18.9. The molecule has 8 nitrogen and oxygen atoms in total. The summed E-state index contributed by atoms with van der Waals surface area (Å²) in [5.41, 5.74) is 2.99. The molecule has 4 rings (SSSR count). The number of hydrogen-bond acceptors (Lipinski definition) is 5. The number of nitrogens with zero attached hydrogens (tertiary/aromatic N) is 2. The van der Waals surface area contributed by atoms with Gasteiger partial charge in [0.1, 0.15) is 6.10 Å². The molecule has 33 heavy (non-hydrogen) atoms. The Bertz CT molecular complexity index is 1130. The second kappa shape index (κ2) is 9.52. The summed E-state index contributed by atoms with van der Waals surface area (Å²) >= 11 is 0. The van der Waals surface area contributed by atoms with Crippen molar-refractivity contribution in [2.24, 2.45) is 0 Å². The van der Waals surface area contributed by atoms with Crippen molar-refractivity contribution in [3.8, 4) is 0 Å². The highest BCUT2D eigenvalue weighted by Crippen LogP contribution is 2.21. The molecule has 176 valence electrons. The van der Waals surface area contributed by atoms with Gasteiger partial charge in [0.2, 0.25) is 0 Å². The molecule has 9 heteroatoms. The van der Waals surface area contributed by atoms with Gasteiger partial charge in [0, 0.05) is 44.0 Å². The van der Waals surface area contributed by atoms with Gasteiger partial charge in [-0.3, -0.25) is 14.3 Å². The molecule has 2 aliphatic heterocycles. The van der Waals surface area contributed by atoms with Crippen molar-refractivity contribution < 1.29 is 22.7 Å². The van der Waals surface area contributed by atoms with Gasteiger partial charge in [-0.15, -0.1) is 0 Å². The maximum Gasteiger partial charge on any atom is 0.261 e. The first-order valence-electron chi connectivity index (χ1n) is 11.1. The first kappa shape index (κ1) is 23.3. The monoisotopic (exact) mass is 471 g/mol. The minimum Gasteiger partial charge on any atom is -0.368 e. The Morgan fingerprint density at radius 1 is 0.939 bits per heavy atom. The summed E-state index contributed by atoms with van der Waals surface area (Å²) in [5.74, 6) is -0.171. The Morgan fingerprint density at radius 2 is 1.61 bits per heavy atom. The van der Waals surface area contributed by atoms with Crippen molar-refractivity contribution in [2.45, 2.75) is 37.7 Å². The van der Waals surface area contributed by atoms with Crippen LogP contribution in [0, 0.1) is 13.8 Å². The van der Waals surface area contributed by atoms with Gasteiger partial charge in [-0.05, 0) is 74.2 Å². The second-order valence-electron chi connectivity index (χ2n) is 8.55. The zero-order valence-corrected chi connectivity index (χ0v) is 19.7. The highest BCUT2D eigenvalue weighted by molar-refractivity contribution is 7.92. The minimum atomic E-state index is -3.77. The number of ether oxygens (including phenoxy) is 1. The quantitative estimate of drug-likeness (QED) is 0.723. The van der Waals surface area contributed by atoms with E-state index in [1.807, 2.05) is 19.9 Å². The number of amides is 2. The van der Waals surface area contributed by atoms with Gasteiger partial charge in [0.05, 0.1) is 4.90 Å². The molecule has 1 N–H and O–H groups in total. The van der Waals surface area contributed by atoms with Gasteiger partial charge in [0.25, 0.3) is 21.8 Å². The lowest BCUT2D eigenvalue weighted by molar-refractivity contribution is -0.142. The van der Waals surface area contributed by atoms with E-state index < -0.39 is 10.0 Å². The summed E-state index contributed by atoms with van der Waals surface area (Å²) in [5, 5.41) is 0. The van der Waals surface area contributed by atoms with Crippen LogP contribution >= 0.6 is 0 Å². The van der Waals surface area contributed by atoms with Gasteiger partial charge in [-0.2, -0.15) is 0 Å². The van der Waals surface area contributed by atoms with E-state index in [0.717, 1.165) is 24.0 Å². The van der Waals surface area contributed by atoms with E-state index in [1.165, 1.54) is 24.3 Å². The number of sulfonamides is 1. The van der Waals surface area contributed by atoms with E-state index in [1.54, 1.807) is 21.9 Å². The van der Waals surface area contributed by atoms with E-state index in [0.29, 0.717) is 44.0 Å². The Labute approximate surface area is 194 Å². The molecular formula is C24H29N3O5S. The van der Waals surface area contributed by atoms with Crippen LogP contribution in [-0.4, -0.2) is 68.9 Å². The summed E-state index contributed by atoms with van der Waals surface area (Å²) in [6, 6.07) is 11.3. The maximum atomic E-state index is 12.9. The molecule has 0 aliphatic carbocycles. The third-order valence-corrected chi connectivity index (χ3v) is 7.65. The summed E-state index contributed by atoms with van der Waals surface area (Å²) in [6.45, 7) is 6.32. The Kier molecular flexibility index (Phi) is 6.71. The first-order valence-corrected chi connectivity index (χ1v) is 12.6. The van der Waals surface area contributed by atoms with Crippen molar-refractivity contribution in [1.82, 2.24) is 9.80 Å². The lowest BCUT2D eigenvalue weighted by atomic mass is 10.1. The molecule has 0 aromatic heterocycles. The number of benzene rings is 2. The van der Waals surface area contributed by atoms with Gasteiger partial charge in [-0.25, -0.2) is 8.42 Å². The van der Waals surface area contributed by atoms with E-state index in [4.69, 9.17) is 4.74 Å². The normalized spacial score (nSPS) is 18.9. The molecule has 0 saturated carbocycles. The van der Waals surface area contributed by atoms with Crippen LogP contribution in [0.4, 0.5) is 5.69 Å². The largest absolute Gasteiger partial charge is 0.368 e. The fourth-order valence-corrected chi connectivity index (χ4v) is 5.13. The molecular weight excluding hydrogens is 442 g/mol. The van der Waals surface area contributed by atoms with E-state index in [9.17, 15) is 18.0 Å². The first-order chi connectivity index (χ1) is 15.7. The van der Waals surface area contributed by atoms with Crippen LogP contribution < -0.4 is 4.72 Å². The van der Waals surface area contributed by atoms with Crippen LogP contribution in [0.2, 0.25) is 0 Å². The van der Waals surface area contributed by atoms with Crippen molar-refractivity contribution in [3.05, 3.63) is 59.2 Å². The number of piperazine rings is 1. The van der Waals surface area contributed by atoms with Crippen LogP contribution in [0.1, 0.15) is 34.3 Å². The SMILES string of the molecule is Cc1ccc(NS(=O)(=O)c2ccc(C(=O)N3CCN(C(=O)C4CCCO4)CC3)cc2)cc1C. The lowest BCUT2D eigenvalue weighted by Gasteiger charge is -2.35. The number of hydrogen-bond donors (Lipinski definition) is 1. The summed E-state index contributed by atoms with van der Waals surface area (Å²) in [7, 11) is -3.77. The Balaban J connectivity index is 1.37. The molecule has 2 aromatic carbocycles. The van der Waals surface area contributed by atoms with Gasteiger partial charge >= 0.3 is 0 Å². The number of aryl methyl sites for hydroxylation is 2. The summed E-state index contributed by atoms with van der Waals surface area (Å²) in [6.07, 6.45) is 1.31. The van der Waals surface area contributed by atoms with Crippen LogP contribution in [0.5, 0.6) is 0 Å². The van der Waals surface area contributed by atoms with Crippen LogP contribution in [0.3, 0.4) is 0 Å². The minimum absolute atomic E-state index is 0.00503. The molecule has 0 bridgehead atoms. The maximum absolute atomic E-state index is 12.9. The molecule has 2 saturated heterocycles. The number of carbonyl (C=O) groups excluding carboxylic acids is 2. The fourth-order valence-electron chi connectivity index (χ4n) is 4.08. The molecule has 2 heterocycles. The second-order valence-corrected chi connectivity index (χ2v) is 10.2. The molecule has 1 atom stereocenters. The molecule has 2 aliphatic rings. The highest BCUT2D eigenvalue weighted by atomic mass is 32.2. The number of rotatable bonds is 5. The van der Waals surface area contributed by atoms with Gasteiger partial charge < -0.3 is 14.5 Å². The summed E-state index contributed by atoms with van der Waals surface area (Å²) < 4.78 is 33.5. The van der Waals surface area contributed by atoms with E-state index in [-0.39, 0.29) is 22.8 Å². The van der Waals surface area contributed by atoms with Crippen LogP contribution in [0.25, 0.3) is 0 Å². The Morgan fingerprint density at radius 3 is 2.21 bits per heavy atom. The molecule has 0 radical (unpaired) electrons. The number of carbonyl (C=O) groups is 2. The molecule has 2 amide bonds. The van der Waals surface area contributed by atoms with Gasteiger partial charge in [0.15, 0.2) is 0 Å². The van der Waals surface area contributed by atoms with Crippen molar-refractivity contribution in [3.63, 3.8) is 0 Å². The molecule has 2 fully saturated rings. The van der Waals surface area contributed by atoms with Crippen molar-refractivity contribution in [1.29, 1.82) is 0 Å². The topological polar surface area (TPSA) is 96.0 Å². The Hall–Kier alpha value is -2.91. The van der Waals surface area contributed by atoms with Crippen molar-refractivity contribution >= 4 is 27.5 Å². The number of nitrogens with one attached hydrogen (secondary N) is 1. The zero-order chi connectivity index (χ0) is 23.6. The van der Waals surface area contributed by atoms with Crippen molar-refractivity contribution in [2.75, 3.05) is 37.5 Å². The average molecular weight is 472 g/mol. The van der Waals surface area contributed by atoms with Crippen LogP contribution in [0.15, 0.2) is 47.4 Å². The molecule has 2 aromatic rings. The number of anilines is 1. The summed E-state index contributed by atoms with van der Waals surface area (Å²) in [4.78, 5) is 28.9. The molecule has 1 unspecified atom stereocenters.